The molecule has 2 bridgehead atoms. The van der Waals surface area contributed by atoms with E-state index in [1.165, 1.54) is 6.07 Å². The standard InChI is InChI=1S/C15H18F2N2O2.ClH/c16-9-1-4-14(13(17)5-9)21-8-15(20)19-12-6-10-2-3-11(7-12)18-10;/h1,4-5,10-12,18H,2-3,6-8H2,(H,19,20);1H. The Bertz CT molecular complexity index is 532. The summed E-state index contributed by atoms with van der Waals surface area (Å²) in [4.78, 5) is 11.8. The van der Waals surface area contributed by atoms with Crippen LogP contribution >= 0.6 is 12.4 Å². The third-order valence-corrected chi connectivity index (χ3v) is 4.09. The molecular weight excluding hydrogens is 314 g/mol. The number of carbonyl (C=O) groups excluding carboxylic acids is 1. The smallest absolute Gasteiger partial charge is 0.258 e. The van der Waals surface area contributed by atoms with E-state index < -0.39 is 11.6 Å². The molecule has 0 aromatic heterocycles. The maximum atomic E-state index is 13.4. The fourth-order valence-corrected chi connectivity index (χ4v) is 3.18. The van der Waals surface area contributed by atoms with Crippen molar-refractivity contribution in [3.63, 3.8) is 0 Å². The van der Waals surface area contributed by atoms with Gasteiger partial charge < -0.3 is 15.4 Å². The number of hydrogen-bond acceptors (Lipinski definition) is 3. The lowest BCUT2D eigenvalue weighted by molar-refractivity contribution is -0.124. The van der Waals surface area contributed by atoms with Crippen molar-refractivity contribution in [2.75, 3.05) is 6.61 Å². The number of rotatable bonds is 4. The van der Waals surface area contributed by atoms with Gasteiger partial charge in [-0.05, 0) is 37.8 Å². The monoisotopic (exact) mass is 332 g/mol. The molecular formula is C15H19ClF2N2O2. The van der Waals surface area contributed by atoms with Gasteiger partial charge in [-0.3, -0.25) is 4.79 Å². The quantitative estimate of drug-likeness (QED) is 0.888. The van der Waals surface area contributed by atoms with Crippen molar-refractivity contribution in [3.8, 4) is 5.75 Å². The zero-order chi connectivity index (χ0) is 14.8. The Morgan fingerprint density at radius 1 is 1.27 bits per heavy atom. The molecule has 0 radical (unpaired) electrons. The van der Waals surface area contributed by atoms with Crippen molar-refractivity contribution in [1.82, 2.24) is 10.6 Å². The van der Waals surface area contributed by atoms with Crippen LogP contribution in [-0.4, -0.2) is 30.6 Å². The van der Waals surface area contributed by atoms with Crippen molar-refractivity contribution in [1.29, 1.82) is 0 Å². The first-order valence-electron chi connectivity index (χ1n) is 7.23. The molecule has 2 atom stereocenters. The molecule has 1 aromatic carbocycles. The van der Waals surface area contributed by atoms with Crippen LogP contribution in [-0.2, 0) is 4.79 Å². The van der Waals surface area contributed by atoms with Gasteiger partial charge in [0, 0.05) is 24.2 Å². The molecule has 4 nitrogen and oxygen atoms in total. The summed E-state index contributed by atoms with van der Waals surface area (Å²) >= 11 is 0. The summed E-state index contributed by atoms with van der Waals surface area (Å²) in [5.41, 5.74) is 0. The van der Waals surface area contributed by atoms with E-state index in [9.17, 15) is 13.6 Å². The lowest BCUT2D eigenvalue weighted by Crippen LogP contribution is -2.49. The van der Waals surface area contributed by atoms with Crippen LogP contribution in [0.2, 0.25) is 0 Å². The molecule has 2 fully saturated rings. The largest absolute Gasteiger partial charge is 0.481 e. The van der Waals surface area contributed by atoms with Crippen molar-refractivity contribution in [2.45, 2.75) is 43.8 Å². The van der Waals surface area contributed by atoms with Gasteiger partial charge >= 0.3 is 0 Å². The summed E-state index contributed by atoms with van der Waals surface area (Å²) in [5.74, 6) is -1.86. The molecule has 3 rings (SSSR count). The average Bonchev–Trinajstić information content (AvgIpc) is 2.77. The van der Waals surface area contributed by atoms with Gasteiger partial charge in [-0.2, -0.15) is 0 Å². The topological polar surface area (TPSA) is 50.4 Å². The van der Waals surface area contributed by atoms with Gasteiger partial charge in [-0.15, -0.1) is 12.4 Å². The second-order valence-corrected chi connectivity index (χ2v) is 5.74. The van der Waals surface area contributed by atoms with Crippen molar-refractivity contribution >= 4 is 18.3 Å². The van der Waals surface area contributed by atoms with Crippen molar-refractivity contribution in [3.05, 3.63) is 29.8 Å². The number of fused-ring (bicyclic) bond motifs is 2. The number of benzene rings is 1. The van der Waals surface area contributed by atoms with Crippen LogP contribution in [0, 0.1) is 11.6 Å². The Hall–Kier alpha value is -1.40. The summed E-state index contributed by atoms with van der Waals surface area (Å²) in [6.07, 6.45) is 4.17. The van der Waals surface area contributed by atoms with Gasteiger partial charge in [0.2, 0.25) is 0 Å². The molecule has 0 saturated carbocycles. The Morgan fingerprint density at radius 2 is 1.95 bits per heavy atom. The number of hydrogen-bond donors (Lipinski definition) is 2. The van der Waals surface area contributed by atoms with E-state index in [2.05, 4.69) is 10.6 Å². The van der Waals surface area contributed by atoms with E-state index >= 15 is 0 Å². The summed E-state index contributed by atoms with van der Waals surface area (Å²) in [6, 6.07) is 4.15. The average molecular weight is 333 g/mol. The van der Waals surface area contributed by atoms with E-state index in [1.54, 1.807) is 0 Å². The zero-order valence-corrected chi connectivity index (χ0v) is 12.8. The normalized spacial score (nSPS) is 26.2. The fourth-order valence-electron chi connectivity index (χ4n) is 3.18. The second kappa shape index (κ2) is 7.24. The molecule has 1 aromatic rings. The maximum Gasteiger partial charge on any atom is 0.258 e. The van der Waals surface area contributed by atoms with Crippen LogP contribution in [0.15, 0.2) is 18.2 Å². The lowest BCUT2D eigenvalue weighted by Gasteiger charge is -2.29. The number of halogens is 3. The molecule has 2 aliphatic rings. The Labute approximate surface area is 134 Å². The molecule has 0 aliphatic carbocycles. The summed E-state index contributed by atoms with van der Waals surface area (Å²) < 4.78 is 31.2. The zero-order valence-electron chi connectivity index (χ0n) is 12.0. The first kappa shape index (κ1) is 17.0. The molecule has 0 spiro atoms. The van der Waals surface area contributed by atoms with Crippen molar-refractivity contribution < 1.29 is 18.3 Å². The van der Waals surface area contributed by atoms with Crippen LogP contribution in [0.25, 0.3) is 0 Å². The van der Waals surface area contributed by atoms with Crippen LogP contribution in [0.1, 0.15) is 25.7 Å². The van der Waals surface area contributed by atoms with Crippen LogP contribution in [0.4, 0.5) is 8.78 Å². The molecule has 2 aliphatic heterocycles. The molecule has 7 heteroatoms. The molecule has 2 heterocycles. The first-order valence-corrected chi connectivity index (χ1v) is 7.23. The summed E-state index contributed by atoms with van der Waals surface area (Å²) in [7, 11) is 0. The highest BCUT2D eigenvalue weighted by Crippen LogP contribution is 2.26. The van der Waals surface area contributed by atoms with Crippen LogP contribution in [0.5, 0.6) is 5.75 Å². The minimum absolute atomic E-state index is 0. The molecule has 1 amide bonds. The highest BCUT2D eigenvalue weighted by molar-refractivity contribution is 5.85. The number of amides is 1. The Morgan fingerprint density at radius 3 is 2.59 bits per heavy atom. The predicted molar refractivity (Wildman–Crippen MR) is 80.2 cm³/mol. The van der Waals surface area contributed by atoms with E-state index in [4.69, 9.17) is 4.74 Å². The van der Waals surface area contributed by atoms with E-state index in [0.29, 0.717) is 12.1 Å². The molecule has 2 saturated heterocycles. The molecule has 2 N–H and O–H groups in total. The fraction of sp³-hybridized carbons (Fsp3) is 0.533. The molecule has 2 unspecified atom stereocenters. The highest BCUT2D eigenvalue weighted by atomic mass is 35.5. The van der Waals surface area contributed by atoms with E-state index in [0.717, 1.165) is 37.8 Å². The number of ether oxygens (including phenoxy) is 1. The van der Waals surface area contributed by atoms with E-state index in [-0.39, 0.29) is 36.7 Å². The number of piperidine rings is 1. The van der Waals surface area contributed by atoms with Gasteiger partial charge in [-0.1, -0.05) is 0 Å². The molecule has 22 heavy (non-hydrogen) atoms. The Kier molecular flexibility index (Phi) is 5.58. The van der Waals surface area contributed by atoms with Gasteiger partial charge in [0.1, 0.15) is 5.82 Å². The van der Waals surface area contributed by atoms with Gasteiger partial charge in [0.15, 0.2) is 18.2 Å². The third-order valence-electron chi connectivity index (χ3n) is 4.09. The second-order valence-electron chi connectivity index (χ2n) is 5.74. The van der Waals surface area contributed by atoms with Crippen LogP contribution in [0.3, 0.4) is 0 Å². The van der Waals surface area contributed by atoms with E-state index in [1.807, 2.05) is 0 Å². The van der Waals surface area contributed by atoms with Crippen LogP contribution < -0.4 is 15.4 Å². The van der Waals surface area contributed by atoms with Gasteiger partial charge in [-0.25, -0.2) is 8.78 Å². The maximum absolute atomic E-state index is 13.4. The first-order chi connectivity index (χ1) is 10.1. The predicted octanol–water partition coefficient (Wildman–Crippen LogP) is 2.16. The third kappa shape index (κ3) is 4.08. The lowest BCUT2D eigenvalue weighted by atomic mass is 10.00. The summed E-state index contributed by atoms with van der Waals surface area (Å²) in [6.45, 7) is -0.262. The SMILES string of the molecule is Cl.O=C(COc1ccc(F)cc1F)NC1CC2CCC(C1)N2. The summed E-state index contributed by atoms with van der Waals surface area (Å²) in [5, 5.41) is 6.42. The van der Waals surface area contributed by atoms with Crippen molar-refractivity contribution in [2.24, 2.45) is 0 Å². The minimum atomic E-state index is -0.803. The number of carbonyl (C=O) groups is 1. The number of nitrogens with one attached hydrogen (secondary N) is 2. The van der Waals surface area contributed by atoms with Gasteiger partial charge in [0.25, 0.3) is 5.91 Å². The van der Waals surface area contributed by atoms with Gasteiger partial charge in [0.05, 0.1) is 0 Å². The molecule has 122 valence electrons. The minimum Gasteiger partial charge on any atom is -0.481 e. The highest BCUT2D eigenvalue weighted by Gasteiger charge is 2.33. The Balaban J connectivity index is 0.00000176.